The minimum atomic E-state index is 0.550. The summed E-state index contributed by atoms with van der Waals surface area (Å²) in [6.45, 7) is 7.38. The lowest BCUT2D eigenvalue weighted by Crippen LogP contribution is -2.10. The summed E-state index contributed by atoms with van der Waals surface area (Å²) >= 11 is 1.73. The summed E-state index contributed by atoms with van der Waals surface area (Å²) in [7, 11) is 0. The second kappa shape index (κ2) is 9.09. The van der Waals surface area contributed by atoms with E-state index >= 15 is 0 Å². The first-order valence-corrected chi connectivity index (χ1v) is 10.6. The van der Waals surface area contributed by atoms with Crippen molar-refractivity contribution in [3.8, 4) is 11.8 Å². The second-order valence-electron chi connectivity index (χ2n) is 6.85. The number of imidazole rings is 1. The van der Waals surface area contributed by atoms with Crippen LogP contribution in [0.25, 0.3) is 4.91 Å². The normalized spacial score (nSPS) is 19.9. The summed E-state index contributed by atoms with van der Waals surface area (Å²) in [6.07, 6.45) is 17.5. The molecule has 0 amide bonds. The summed E-state index contributed by atoms with van der Waals surface area (Å²) in [6, 6.07) is 3.96. The lowest BCUT2D eigenvalue weighted by Gasteiger charge is -2.19. The summed E-state index contributed by atoms with van der Waals surface area (Å²) in [4.78, 5) is 9.95. The molecule has 2 atom stereocenters. The molecule has 0 saturated carbocycles. The van der Waals surface area contributed by atoms with E-state index in [9.17, 15) is 0 Å². The van der Waals surface area contributed by atoms with Gasteiger partial charge < -0.3 is 4.74 Å². The number of nitrogens with zero attached hydrogens (tertiary/aromatic N) is 3. The monoisotopic (exact) mass is 381 g/mol. The van der Waals surface area contributed by atoms with Crippen LogP contribution in [0, 0.1) is 11.8 Å². The van der Waals surface area contributed by atoms with E-state index in [-0.39, 0.29) is 0 Å². The topological polar surface area (TPSA) is 39.9 Å². The van der Waals surface area contributed by atoms with Gasteiger partial charge in [0.15, 0.2) is 0 Å². The molecule has 0 bridgehead atoms. The lowest BCUT2D eigenvalue weighted by molar-refractivity contribution is 0.419. The number of thioether (sulfide) groups is 1. The minimum Gasteiger partial charge on any atom is -0.421 e. The number of ether oxygens (including phenoxy) is 1. The van der Waals surface area contributed by atoms with Crippen LogP contribution in [0.3, 0.4) is 0 Å². The van der Waals surface area contributed by atoms with Crippen LogP contribution in [0.5, 0.6) is 11.8 Å². The molecule has 0 aliphatic heterocycles. The molecule has 2 heterocycles. The van der Waals surface area contributed by atoms with Crippen LogP contribution in [0.1, 0.15) is 32.8 Å². The summed E-state index contributed by atoms with van der Waals surface area (Å²) in [5.41, 5.74) is 2.40. The largest absolute Gasteiger partial charge is 0.421 e. The lowest BCUT2D eigenvalue weighted by atomic mass is 9.88. The Morgan fingerprint density at radius 3 is 2.78 bits per heavy atom. The first-order valence-electron chi connectivity index (χ1n) is 9.38. The van der Waals surface area contributed by atoms with Gasteiger partial charge in [-0.05, 0) is 36.2 Å². The third-order valence-corrected chi connectivity index (χ3v) is 5.63. The van der Waals surface area contributed by atoms with Crippen LogP contribution in [-0.2, 0) is 6.54 Å². The highest BCUT2D eigenvalue weighted by molar-refractivity contribution is 8.07. The van der Waals surface area contributed by atoms with Crippen molar-refractivity contribution in [3.05, 3.63) is 66.3 Å². The van der Waals surface area contributed by atoms with Crippen molar-refractivity contribution < 1.29 is 4.74 Å². The molecule has 0 N–H and O–H groups in total. The molecule has 4 nitrogen and oxygen atoms in total. The Morgan fingerprint density at radius 1 is 1.26 bits per heavy atom. The number of rotatable bonds is 7. The molecule has 27 heavy (non-hydrogen) atoms. The molecule has 0 aromatic carbocycles. The van der Waals surface area contributed by atoms with Crippen LogP contribution in [-0.4, -0.2) is 20.8 Å². The number of hydrogen-bond donors (Lipinski definition) is 0. The van der Waals surface area contributed by atoms with Crippen molar-refractivity contribution in [2.45, 2.75) is 33.7 Å². The smallest absolute Gasteiger partial charge is 0.222 e. The molecule has 0 saturated heterocycles. The van der Waals surface area contributed by atoms with Gasteiger partial charge in [0.05, 0.1) is 19.1 Å². The van der Waals surface area contributed by atoms with Gasteiger partial charge in [0.25, 0.3) is 0 Å². The average molecular weight is 382 g/mol. The second-order valence-corrected chi connectivity index (χ2v) is 7.69. The fourth-order valence-corrected chi connectivity index (χ4v) is 3.70. The van der Waals surface area contributed by atoms with Crippen LogP contribution < -0.4 is 4.74 Å². The molecule has 2 aromatic heterocycles. The van der Waals surface area contributed by atoms with Crippen LogP contribution in [0.4, 0.5) is 0 Å². The van der Waals surface area contributed by atoms with Crippen molar-refractivity contribution in [1.29, 1.82) is 0 Å². The van der Waals surface area contributed by atoms with Crippen molar-refractivity contribution >= 4 is 16.7 Å². The standard InChI is InChI=1S/C22H27N3OS/c1-5-6-20(27-4)19-9-10-21(24-12-19)26-22-13-23-15-25(22)14-18-8-7-16(2)17(3)11-18/h6-13,15-17H,5,14H2,1-4H3/b20-6-. The van der Waals surface area contributed by atoms with E-state index in [1.165, 1.54) is 10.5 Å². The fourth-order valence-electron chi connectivity index (χ4n) is 3.01. The van der Waals surface area contributed by atoms with Crippen molar-refractivity contribution in [1.82, 2.24) is 14.5 Å². The maximum Gasteiger partial charge on any atom is 0.222 e. The van der Waals surface area contributed by atoms with E-state index in [0.29, 0.717) is 23.6 Å². The van der Waals surface area contributed by atoms with Crippen LogP contribution >= 0.6 is 11.8 Å². The highest BCUT2D eigenvalue weighted by Gasteiger charge is 2.14. The average Bonchev–Trinajstić information content (AvgIpc) is 3.10. The zero-order valence-electron chi connectivity index (χ0n) is 16.4. The first kappa shape index (κ1) is 19.5. The maximum absolute atomic E-state index is 5.98. The zero-order chi connectivity index (χ0) is 19.2. The highest BCUT2D eigenvalue weighted by Crippen LogP contribution is 2.28. The Kier molecular flexibility index (Phi) is 6.56. The zero-order valence-corrected chi connectivity index (χ0v) is 17.2. The predicted molar refractivity (Wildman–Crippen MR) is 114 cm³/mol. The van der Waals surface area contributed by atoms with Gasteiger partial charge in [-0.25, -0.2) is 9.97 Å². The van der Waals surface area contributed by atoms with Gasteiger partial charge in [-0.3, -0.25) is 4.57 Å². The van der Waals surface area contributed by atoms with E-state index in [0.717, 1.165) is 18.5 Å². The molecule has 1 aliphatic rings. The van der Waals surface area contributed by atoms with E-state index in [4.69, 9.17) is 4.74 Å². The van der Waals surface area contributed by atoms with Gasteiger partial charge in [0.1, 0.15) is 0 Å². The molecule has 2 aromatic rings. The van der Waals surface area contributed by atoms with Crippen molar-refractivity contribution in [3.63, 3.8) is 0 Å². The highest BCUT2D eigenvalue weighted by atomic mass is 32.2. The fraction of sp³-hybridized carbons (Fsp3) is 0.364. The first-order chi connectivity index (χ1) is 13.1. The van der Waals surface area contributed by atoms with E-state index in [1.54, 1.807) is 24.3 Å². The predicted octanol–water partition coefficient (Wildman–Crippen LogP) is 5.95. The van der Waals surface area contributed by atoms with E-state index < -0.39 is 0 Å². The Morgan fingerprint density at radius 2 is 2.11 bits per heavy atom. The number of hydrogen-bond acceptors (Lipinski definition) is 4. The number of pyridine rings is 1. The maximum atomic E-state index is 5.98. The molecule has 142 valence electrons. The van der Waals surface area contributed by atoms with Crippen LogP contribution in [0.15, 0.2) is 60.7 Å². The molecule has 1 aliphatic carbocycles. The molecule has 3 rings (SSSR count). The van der Waals surface area contributed by atoms with Crippen LogP contribution in [0.2, 0.25) is 0 Å². The summed E-state index contributed by atoms with van der Waals surface area (Å²) in [5, 5.41) is 0. The Balaban J connectivity index is 1.71. The molecule has 0 radical (unpaired) electrons. The van der Waals surface area contributed by atoms with Gasteiger partial charge in [-0.2, -0.15) is 0 Å². The van der Waals surface area contributed by atoms with Gasteiger partial charge in [0, 0.05) is 22.7 Å². The van der Waals surface area contributed by atoms with Gasteiger partial charge in [0.2, 0.25) is 11.8 Å². The molecular formula is C22H27N3OS. The summed E-state index contributed by atoms with van der Waals surface area (Å²) < 4.78 is 7.99. The molecule has 0 fully saturated rings. The third kappa shape index (κ3) is 4.92. The van der Waals surface area contributed by atoms with E-state index in [1.807, 2.05) is 16.8 Å². The Bertz CT molecular complexity index is 849. The Hall–Kier alpha value is -2.27. The SMILES string of the molecule is CC/C=C(\SC)c1ccc(Oc2cncn2CC2=CC(C)C(C)C=C2)nc1. The van der Waals surface area contributed by atoms with Gasteiger partial charge in [-0.1, -0.05) is 45.1 Å². The Labute approximate surface area is 166 Å². The number of allylic oxidation sites excluding steroid dienone is 5. The third-order valence-electron chi connectivity index (χ3n) is 4.79. The van der Waals surface area contributed by atoms with E-state index in [2.05, 4.69) is 67.4 Å². The molecule has 5 heteroatoms. The molecule has 2 unspecified atom stereocenters. The quantitative estimate of drug-likeness (QED) is 0.594. The number of aromatic nitrogens is 3. The minimum absolute atomic E-state index is 0.550. The van der Waals surface area contributed by atoms with Crippen molar-refractivity contribution in [2.24, 2.45) is 11.8 Å². The molecular weight excluding hydrogens is 354 g/mol. The van der Waals surface area contributed by atoms with Gasteiger partial charge in [-0.15, -0.1) is 11.8 Å². The van der Waals surface area contributed by atoms with Gasteiger partial charge >= 0.3 is 0 Å². The van der Waals surface area contributed by atoms with Crippen molar-refractivity contribution in [2.75, 3.05) is 6.26 Å². The summed E-state index contributed by atoms with van der Waals surface area (Å²) in [5.74, 6) is 2.41. The molecule has 0 spiro atoms.